The van der Waals surface area contributed by atoms with E-state index in [4.69, 9.17) is 26.6 Å². The van der Waals surface area contributed by atoms with Crippen molar-refractivity contribution in [3.05, 3.63) is 82.9 Å². The molecule has 3 aromatic carbocycles. The summed E-state index contributed by atoms with van der Waals surface area (Å²) in [6, 6.07) is 22.2. The van der Waals surface area contributed by atoms with Crippen LogP contribution in [0.25, 0.3) is 39.4 Å². The van der Waals surface area contributed by atoms with Gasteiger partial charge in [-0.3, -0.25) is 4.57 Å². The predicted molar refractivity (Wildman–Crippen MR) is 114 cm³/mol. The first-order valence-electron chi connectivity index (χ1n) is 9.09. The maximum absolute atomic E-state index is 6.43. The van der Waals surface area contributed by atoms with Crippen molar-refractivity contribution in [2.24, 2.45) is 0 Å². The number of imidazole rings is 1. The fourth-order valence-corrected chi connectivity index (χ4v) is 3.49. The molecule has 0 atom stereocenters. The van der Waals surface area contributed by atoms with Crippen LogP contribution in [0, 0.1) is 13.8 Å². The van der Waals surface area contributed by atoms with Crippen LogP contribution < -0.4 is 0 Å². The SMILES string of the molecule is Cc1ccc(-c2nc3nc4ccccc4nc3n2-c2ccc(C)c(Cl)c2)cc1. The average Bonchev–Trinajstić information content (AvgIpc) is 3.07. The van der Waals surface area contributed by atoms with Crippen molar-refractivity contribution in [3.63, 3.8) is 0 Å². The maximum atomic E-state index is 6.43. The zero-order valence-corrected chi connectivity index (χ0v) is 16.3. The summed E-state index contributed by atoms with van der Waals surface area (Å²) in [6.45, 7) is 4.06. The molecule has 0 N–H and O–H groups in total. The Hall–Kier alpha value is -3.24. The van der Waals surface area contributed by atoms with E-state index in [-0.39, 0.29) is 0 Å². The Labute approximate surface area is 167 Å². The van der Waals surface area contributed by atoms with Crippen molar-refractivity contribution in [3.8, 4) is 17.1 Å². The third kappa shape index (κ3) is 2.74. The number of rotatable bonds is 2. The lowest BCUT2D eigenvalue weighted by Gasteiger charge is -2.10. The van der Waals surface area contributed by atoms with Gasteiger partial charge in [0.25, 0.3) is 0 Å². The lowest BCUT2D eigenvalue weighted by molar-refractivity contribution is 1.08. The quantitative estimate of drug-likeness (QED) is 0.380. The summed E-state index contributed by atoms with van der Waals surface area (Å²) >= 11 is 6.43. The molecule has 0 aliphatic carbocycles. The Balaban J connectivity index is 1.87. The van der Waals surface area contributed by atoms with E-state index in [1.165, 1.54) is 5.56 Å². The summed E-state index contributed by atoms with van der Waals surface area (Å²) < 4.78 is 2.03. The molecular formula is C23H17ClN4. The summed E-state index contributed by atoms with van der Waals surface area (Å²) in [5.41, 5.74) is 7.15. The van der Waals surface area contributed by atoms with Crippen molar-refractivity contribution in [1.29, 1.82) is 0 Å². The highest BCUT2D eigenvalue weighted by atomic mass is 35.5. The number of benzene rings is 3. The van der Waals surface area contributed by atoms with Gasteiger partial charge in [0, 0.05) is 10.6 Å². The lowest BCUT2D eigenvalue weighted by atomic mass is 10.1. The van der Waals surface area contributed by atoms with Crippen molar-refractivity contribution in [2.75, 3.05) is 0 Å². The largest absolute Gasteiger partial charge is 0.275 e. The van der Waals surface area contributed by atoms with E-state index >= 15 is 0 Å². The monoisotopic (exact) mass is 384 g/mol. The molecule has 0 aliphatic heterocycles. The van der Waals surface area contributed by atoms with Crippen LogP contribution in [-0.4, -0.2) is 19.5 Å². The Kier molecular flexibility index (Phi) is 3.88. The van der Waals surface area contributed by atoms with Crippen LogP contribution in [0.1, 0.15) is 11.1 Å². The first kappa shape index (κ1) is 16.9. The molecule has 0 amide bonds. The molecule has 5 aromatic rings. The zero-order valence-electron chi connectivity index (χ0n) is 15.5. The van der Waals surface area contributed by atoms with Crippen molar-refractivity contribution in [2.45, 2.75) is 13.8 Å². The molecule has 0 fully saturated rings. The summed E-state index contributed by atoms with van der Waals surface area (Å²) in [5, 5.41) is 0.711. The summed E-state index contributed by atoms with van der Waals surface area (Å²) in [6.07, 6.45) is 0. The first-order chi connectivity index (χ1) is 13.6. The van der Waals surface area contributed by atoms with Crippen LogP contribution in [0.3, 0.4) is 0 Å². The summed E-state index contributed by atoms with van der Waals surface area (Å²) in [4.78, 5) is 14.4. The van der Waals surface area contributed by atoms with Gasteiger partial charge in [-0.1, -0.05) is 59.6 Å². The molecule has 0 aliphatic rings. The second-order valence-electron chi connectivity index (χ2n) is 6.93. The molecule has 0 saturated carbocycles. The Morgan fingerprint density at radius 2 is 1.50 bits per heavy atom. The Morgan fingerprint density at radius 3 is 2.21 bits per heavy atom. The third-order valence-corrected chi connectivity index (χ3v) is 5.30. The first-order valence-corrected chi connectivity index (χ1v) is 9.47. The molecule has 4 nitrogen and oxygen atoms in total. The predicted octanol–water partition coefficient (Wildman–Crippen LogP) is 5.91. The minimum atomic E-state index is 0.617. The molecule has 0 saturated heterocycles. The number of nitrogens with zero attached hydrogens (tertiary/aromatic N) is 4. The van der Waals surface area contributed by atoms with Gasteiger partial charge in [-0.25, -0.2) is 15.0 Å². The number of para-hydroxylation sites is 2. The number of hydrogen-bond acceptors (Lipinski definition) is 3. The highest BCUT2D eigenvalue weighted by molar-refractivity contribution is 6.31. The minimum Gasteiger partial charge on any atom is -0.275 e. The molecule has 0 spiro atoms. The van der Waals surface area contributed by atoms with Crippen LogP contribution in [0.15, 0.2) is 66.7 Å². The van der Waals surface area contributed by atoms with E-state index in [1.54, 1.807) is 0 Å². The molecule has 0 unspecified atom stereocenters. The molecule has 2 aromatic heterocycles. The number of aryl methyl sites for hydroxylation is 2. The Morgan fingerprint density at radius 1 is 0.786 bits per heavy atom. The second-order valence-corrected chi connectivity index (χ2v) is 7.34. The molecule has 2 heterocycles. The van der Waals surface area contributed by atoms with Gasteiger partial charge >= 0.3 is 0 Å². The van der Waals surface area contributed by atoms with Gasteiger partial charge in [0.05, 0.1) is 16.7 Å². The topological polar surface area (TPSA) is 43.6 Å². The van der Waals surface area contributed by atoms with Crippen LogP contribution in [0.4, 0.5) is 0 Å². The van der Waals surface area contributed by atoms with E-state index in [0.717, 1.165) is 33.7 Å². The van der Waals surface area contributed by atoms with Crippen LogP contribution in [-0.2, 0) is 0 Å². The van der Waals surface area contributed by atoms with E-state index in [2.05, 4.69) is 31.2 Å². The van der Waals surface area contributed by atoms with Crippen molar-refractivity contribution < 1.29 is 0 Å². The highest BCUT2D eigenvalue weighted by Crippen LogP contribution is 2.30. The van der Waals surface area contributed by atoms with Gasteiger partial charge in [0.2, 0.25) is 0 Å². The number of fused-ring (bicyclic) bond motifs is 2. The van der Waals surface area contributed by atoms with Crippen LogP contribution in [0.2, 0.25) is 5.02 Å². The average molecular weight is 385 g/mol. The summed E-state index contributed by atoms with van der Waals surface area (Å²) in [7, 11) is 0. The van der Waals surface area contributed by atoms with Gasteiger partial charge in [0.15, 0.2) is 11.3 Å². The molecule has 5 heteroatoms. The van der Waals surface area contributed by atoms with Gasteiger partial charge < -0.3 is 0 Å². The molecule has 136 valence electrons. The van der Waals surface area contributed by atoms with Gasteiger partial charge in [-0.2, -0.15) is 0 Å². The summed E-state index contributed by atoms with van der Waals surface area (Å²) in [5.74, 6) is 0.797. The molecule has 0 bridgehead atoms. The van der Waals surface area contributed by atoms with E-state index < -0.39 is 0 Å². The van der Waals surface area contributed by atoms with E-state index in [9.17, 15) is 0 Å². The molecule has 28 heavy (non-hydrogen) atoms. The number of hydrogen-bond donors (Lipinski definition) is 0. The van der Waals surface area contributed by atoms with Gasteiger partial charge in [0.1, 0.15) is 5.82 Å². The normalized spacial score (nSPS) is 11.4. The van der Waals surface area contributed by atoms with Gasteiger partial charge in [-0.15, -0.1) is 0 Å². The number of halogens is 1. The number of aromatic nitrogens is 4. The Bertz CT molecular complexity index is 1340. The van der Waals surface area contributed by atoms with Crippen molar-refractivity contribution >= 4 is 33.9 Å². The van der Waals surface area contributed by atoms with E-state index in [1.807, 2.05) is 54.0 Å². The molecular weight excluding hydrogens is 368 g/mol. The smallest absolute Gasteiger partial charge is 0.199 e. The standard InChI is InChI=1S/C23H17ClN4/c1-14-7-10-16(11-8-14)22-27-21-23(26-20-6-4-3-5-19(20)25-21)28(22)17-12-9-15(2)18(24)13-17/h3-13H,1-2H3. The fraction of sp³-hybridized carbons (Fsp3) is 0.0870. The van der Waals surface area contributed by atoms with Crippen molar-refractivity contribution in [1.82, 2.24) is 19.5 Å². The highest BCUT2D eigenvalue weighted by Gasteiger charge is 2.18. The zero-order chi connectivity index (χ0) is 19.3. The van der Waals surface area contributed by atoms with Gasteiger partial charge in [-0.05, 0) is 43.7 Å². The van der Waals surface area contributed by atoms with Crippen LogP contribution >= 0.6 is 11.6 Å². The fourth-order valence-electron chi connectivity index (χ4n) is 3.32. The minimum absolute atomic E-state index is 0.617. The molecule has 0 radical (unpaired) electrons. The van der Waals surface area contributed by atoms with E-state index in [0.29, 0.717) is 16.3 Å². The maximum Gasteiger partial charge on any atom is 0.199 e. The second kappa shape index (κ2) is 6.43. The van der Waals surface area contributed by atoms with Crippen LogP contribution in [0.5, 0.6) is 0 Å². The molecule has 5 rings (SSSR count). The third-order valence-electron chi connectivity index (χ3n) is 4.89. The lowest BCUT2D eigenvalue weighted by Crippen LogP contribution is -1.99.